The number of rotatable bonds is 5. The van der Waals surface area contributed by atoms with Gasteiger partial charge in [0.05, 0.1) is 6.04 Å². The summed E-state index contributed by atoms with van der Waals surface area (Å²) in [5.74, 6) is -4.22. The lowest BCUT2D eigenvalue weighted by Gasteiger charge is -2.28. The van der Waals surface area contributed by atoms with Gasteiger partial charge in [0.1, 0.15) is 6.61 Å². The van der Waals surface area contributed by atoms with Crippen molar-refractivity contribution in [3.05, 3.63) is 35.1 Å². The number of nitrogens with one attached hydrogen (secondary N) is 1. The summed E-state index contributed by atoms with van der Waals surface area (Å²) in [5.41, 5.74) is 0.318. The van der Waals surface area contributed by atoms with Gasteiger partial charge in [0, 0.05) is 19.7 Å². The SMILES string of the molecule is CCN1CC[C@H](NC(=O)COC)[C@@H]1c1cc(F)c(F)c(F)c1. The van der Waals surface area contributed by atoms with Gasteiger partial charge >= 0.3 is 0 Å². The highest BCUT2D eigenvalue weighted by Gasteiger charge is 2.36. The maximum absolute atomic E-state index is 13.5. The van der Waals surface area contributed by atoms with Gasteiger partial charge in [-0.1, -0.05) is 6.92 Å². The van der Waals surface area contributed by atoms with E-state index in [0.29, 0.717) is 25.1 Å². The number of likely N-dealkylation sites (N-methyl/N-ethyl adjacent to an activating group) is 1. The Kier molecular flexibility index (Phi) is 5.42. The van der Waals surface area contributed by atoms with E-state index in [-0.39, 0.29) is 18.6 Å². The Bertz CT molecular complexity index is 531. The average molecular weight is 316 g/mol. The molecule has 22 heavy (non-hydrogen) atoms. The normalized spacial score (nSPS) is 22.0. The molecule has 0 bridgehead atoms. The smallest absolute Gasteiger partial charge is 0.246 e. The van der Waals surface area contributed by atoms with Crippen LogP contribution in [0.5, 0.6) is 0 Å². The summed E-state index contributed by atoms with van der Waals surface area (Å²) in [6.07, 6.45) is 0.647. The van der Waals surface area contributed by atoms with Gasteiger partial charge in [-0.25, -0.2) is 13.2 Å². The van der Waals surface area contributed by atoms with Crippen LogP contribution < -0.4 is 5.32 Å². The van der Waals surface area contributed by atoms with Crippen molar-refractivity contribution in [3.63, 3.8) is 0 Å². The molecule has 1 saturated heterocycles. The van der Waals surface area contributed by atoms with E-state index in [1.165, 1.54) is 7.11 Å². The number of benzene rings is 1. The molecule has 2 rings (SSSR count). The zero-order valence-electron chi connectivity index (χ0n) is 12.5. The summed E-state index contributed by atoms with van der Waals surface area (Å²) >= 11 is 0. The Morgan fingerprint density at radius 3 is 2.55 bits per heavy atom. The second-order valence-corrected chi connectivity index (χ2v) is 5.27. The van der Waals surface area contributed by atoms with Crippen molar-refractivity contribution in [2.75, 3.05) is 26.8 Å². The van der Waals surface area contributed by atoms with Crippen molar-refractivity contribution in [3.8, 4) is 0 Å². The summed E-state index contributed by atoms with van der Waals surface area (Å²) in [6, 6.07) is 1.29. The highest BCUT2D eigenvalue weighted by Crippen LogP contribution is 2.33. The predicted molar refractivity (Wildman–Crippen MR) is 74.7 cm³/mol. The van der Waals surface area contributed by atoms with E-state index in [2.05, 4.69) is 5.32 Å². The molecule has 1 amide bonds. The first-order valence-corrected chi connectivity index (χ1v) is 7.14. The van der Waals surface area contributed by atoms with Crippen molar-refractivity contribution < 1.29 is 22.7 Å². The van der Waals surface area contributed by atoms with Gasteiger partial charge in [0.2, 0.25) is 5.91 Å². The quantitative estimate of drug-likeness (QED) is 0.845. The fourth-order valence-corrected chi connectivity index (χ4v) is 2.93. The lowest BCUT2D eigenvalue weighted by molar-refractivity contribution is -0.125. The summed E-state index contributed by atoms with van der Waals surface area (Å²) in [5, 5.41) is 2.80. The highest BCUT2D eigenvalue weighted by molar-refractivity contribution is 5.77. The predicted octanol–water partition coefficient (Wildman–Crippen LogP) is 2.00. The molecule has 7 heteroatoms. The minimum atomic E-state index is -1.48. The molecule has 1 aromatic rings. The van der Waals surface area contributed by atoms with Crippen molar-refractivity contribution in [1.82, 2.24) is 10.2 Å². The standard InChI is InChI=1S/C15H19F3N2O2/c1-3-20-5-4-12(19-13(21)8-22-2)15(20)9-6-10(16)14(18)11(17)7-9/h6-7,12,15H,3-5,8H2,1-2H3,(H,19,21)/t12-,15-/m0/s1. The second kappa shape index (κ2) is 7.11. The third-order valence-corrected chi connectivity index (χ3v) is 3.88. The number of methoxy groups -OCH3 is 1. The Labute approximate surface area is 127 Å². The monoisotopic (exact) mass is 316 g/mol. The molecule has 4 nitrogen and oxygen atoms in total. The lowest BCUT2D eigenvalue weighted by atomic mass is 9.99. The molecule has 1 heterocycles. The molecule has 1 fully saturated rings. The number of nitrogens with zero attached hydrogens (tertiary/aromatic N) is 1. The van der Waals surface area contributed by atoms with Crippen LogP contribution in [0.3, 0.4) is 0 Å². The topological polar surface area (TPSA) is 41.6 Å². The molecule has 1 aromatic carbocycles. The van der Waals surface area contributed by atoms with Crippen LogP contribution >= 0.6 is 0 Å². The molecular formula is C15H19F3N2O2. The van der Waals surface area contributed by atoms with Crippen LogP contribution in [0.4, 0.5) is 13.2 Å². The van der Waals surface area contributed by atoms with Crippen molar-refractivity contribution in [1.29, 1.82) is 0 Å². The summed E-state index contributed by atoms with van der Waals surface area (Å²) in [4.78, 5) is 13.7. The van der Waals surface area contributed by atoms with E-state index in [4.69, 9.17) is 4.74 Å². The van der Waals surface area contributed by atoms with Gasteiger partial charge in [-0.15, -0.1) is 0 Å². The summed E-state index contributed by atoms with van der Waals surface area (Å²) in [7, 11) is 1.41. The van der Waals surface area contributed by atoms with E-state index in [0.717, 1.165) is 12.1 Å². The molecular weight excluding hydrogens is 297 g/mol. The van der Waals surface area contributed by atoms with Crippen LogP contribution in [0, 0.1) is 17.5 Å². The summed E-state index contributed by atoms with van der Waals surface area (Å²) < 4.78 is 44.9. The minimum Gasteiger partial charge on any atom is -0.375 e. The number of ether oxygens (including phenoxy) is 1. The van der Waals surface area contributed by atoms with E-state index >= 15 is 0 Å². The first-order valence-electron chi connectivity index (χ1n) is 7.14. The highest BCUT2D eigenvalue weighted by atomic mass is 19.2. The zero-order valence-corrected chi connectivity index (χ0v) is 12.5. The first kappa shape index (κ1) is 16.8. The Morgan fingerprint density at radius 2 is 2.00 bits per heavy atom. The Morgan fingerprint density at radius 1 is 1.36 bits per heavy atom. The number of carbonyl (C=O) groups is 1. The van der Waals surface area contributed by atoms with Crippen LogP contribution in [0.2, 0.25) is 0 Å². The molecule has 0 radical (unpaired) electrons. The van der Waals surface area contributed by atoms with E-state index in [1.54, 1.807) is 0 Å². The number of likely N-dealkylation sites (tertiary alicyclic amines) is 1. The van der Waals surface area contributed by atoms with Crippen LogP contribution in [0.1, 0.15) is 24.9 Å². The van der Waals surface area contributed by atoms with Crippen LogP contribution in [-0.2, 0) is 9.53 Å². The largest absolute Gasteiger partial charge is 0.375 e. The average Bonchev–Trinajstić information content (AvgIpc) is 2.87. The molecule has 1 aliphatic rings. The Balaban J connectivity index is 2.28. The van der Waals surface area contributed by atoms with Crippen LogP contribution in [0.25, 0.3) is 0 Å². The van der Waals surface area contributed by atoms with Crippen molar-refractivity contribution in [2.45, 2.75) is 25.4 Å². The number of amides is 1. The lowest BCUT2D eigenvalue weighted by Crippen LogP contribution is -2.41. The molecule has 1 aliphatic heterocycles. The zero-order chi connectivity index (χ0) is 16.3. The minimum absolute atomic E-state index is 0.0819. The molecule has 0 saturated carbocycles. The fraction of sp³-hybridized carbons (Fsp3) is 0.533. The molecule has 0 unspecified atom stereocenters. The molecule has 122 valence electrons. The van der Waals surface area contributed by atoms with Gasteiger partial charge in [-0.3, -0.25) is 9.69 Å². The summed E-state index contributed by atoms with van der Waals surface area (Å²) in [6.45, 7) is 3.17. The molecule has 1 N–H and O–H groups in total. The molecule has 0 aliphatic carbocycles. The van der Waals surface area contributed by atoms with Crippen LogP contribution in [0.15, 0.2) is 12.1 Å². The number of hydrogen-bond donors (Lipinski definition) is 1. The maximum Gasteiger partial charge on any atom is 0.246 e. The van der Waals surface area contributed by atoms with Crippen molar-refractivity contribution in [2.24, 2.45) is 0 Å². The second-order valence-electron chi connectivity index (χ2n) is 5.27. The first-order chi connectivity index (χ1) is 10.5. The molecule has 0 aromatic heterocycles. The van der Waals surface area contributed by atoms with Gasteiger partial charge < -0.3 is 10.1 Å². The number of carbonyl (C=O) groups excluding carboxylic acids is 1. The van der Waals surface area contributed by atoms with Gasteiger partial charge in [0.15, 0.2) is 17.5 Å². The van der Waals surface area contributed by atoms with E-state index in [9.17, 15) is 18.0 Å². The third kappa shape index (κ3) is 3.41. The van der Waals surface area contributed by atoms with Crippen molar-refractivity contribution >= 4 is 5.91 Å². The van der Waals surface area contributed by atoms with Gasteiger partial charge in [-0.05, 0) is 30.7 Å². The maximum atomic E-state index is 13.5. The van der Waals surface area contributed by atoms with E-state index < -0.39 is 23.5 Å². The Hall–Kier alpha value is -1.60. The van der Waals surface area contributed by atoms with Gasteiger partial charge in [0.25, 0.3) is 0 Å². The van der Waals surface area contributed by atoms with Gasteiger partial charge in [-0.2, -0.15) is 0 Å². The van der Waals surface area contributed by atoms with E-state index in [1.807, 2.05) is 11.8 Å². The number of halogens is 3. The van der Waals surface area contributed by atoms with Crippen LogP contribution in [-0.4, -0.2) is 43.7 Å². The molecule has 2 atom stereocenters. The fourth-order valence-electron chi connectivity index (χ4n) is 2.93. The third-order valence-electron chi connectivity index (χ3n) is 3.88. The number of hydrogen-bond acceptors (Lipinski definition) is 3. The molecule has 0 spiro atoms.